The van der Waals surface area contributed by atoms with Crippen molar-refractivity contribution in [3.63, 3.8) is 0 Å². The molecule has 1 aromatic rings. The van der Waals surface area contributed by atoms with Crippen molar-refractivity contribution in [3.8, 4) is 0 Å². The van der Waals surface area contributed by atoms with Crippen LogP contribution in [0.15, 0.2) is 24.3 Å². The van der Waals surface area contributed by atoms with Crippen LogP contribution < -0.4 is 5.32 Å². The first-order valence-corrected chi connectivity index (χ1v) is 9.46. The third-order valence-corrected chi connectivity index (χ3v) is 5.92. The lowest BCUT2D eigenvalue weighted by Crippen LogP contribution is -2.46. The third kappa shape index (κ3) is 4.94. The van der Waals surface area contributed by atoms with Crippen LogP contribution in [0.25, 0.3) is 0 Å². The minimum Gasteiger partial charge on any atom is -0.350 e. The summed E-state index contributed by atoms with van der Waals surface area (Å²) in [6.07, 6.45) is 0.375. The molecule has 1 aliphatic heterocycles. The topological polar surface area (TPSA) is 83.6 Å². The second-order valence-electron chi connectivity index (χ2n) is 5.57. The highest BCUT2D eigenvalue weighted by Gasteiger charge is 2.34. The molecule has 2 amide bonds. The number of carbonyl (C=O) groups is 2. The van der Waals surface area contributed by atoms with Gasteiger partial charge in [0.2, 0.25) is 11.8 Å². The lowest BCUT2D eigenvalue weighted by Gasteiger charge is -2.26. The zero-order valence-corrected chi connectivity index (χ0v) is 14.4. The molecule has 6 nitrogen and oxygen atoms in total. The average Bonchev–Trinajstić information content (AvgIpc) is 2.83. The summed E-state index contributed by atoms with van der Waals surface area (Å²) >= 11 is 6.02. The van der Waals surface area contributed by atoms with E-state index in [0.29, 0.717) is 11.4 Å². The van der Waals surface area contributed by atoms with Crippen LogP contribution in [0.2, 0.25) is 5.02 Å². The van der Waals surface area contributed by atoms with Crippen molar-refractivity contribution >= 4 is 33.3 Å². The van der Waals surface area contributed by atoms with Crippen molar-refractivity contribution < 1.29 is 18.0 Å². The molecule has 1 unspecified atom stereocenters. The van der Waals surface area contributed by atoms with Crippen LogP contribution in [0.1, 0.15) is 18.9 Å². The maximum atomic E-state index is 12.1. The van der Waals surface area contributed by atoms with Crippen molar-refractivity contribution in [2.75, 3.05) is 18.1 Å². The predicted molar refractivity (Wildman–Crippen MR) is 87.7 cm³/mol. The van der Waals surface area contributed by atoms with E-state index in [2.05, 4.69) is 5.32 Å². The number of amides is 2. The first-order chi connectivity index (χ1) is 10.8. The number of halogens is 1. The first-order valence-electron chi connectivity index (χ1n) is 7.26. The van der Waals surface area contributed by atoms with E-state index < -0.39 is 15.9 Å². The quantitative estimate of drug-likeness (QED) is 0.850. The highest BCUT2D eigenvalue weighted by Crippen LogP contribution is 2.18. The Bertz CT molecular complexity index is 705. The number of nitrogens with zero attached hydrogens (tertiary/aromatic N) is 1. The van der Waals surface area contributed by atoms with Gasteiger partial charge in [0.25, 0.3) is 0 Å². The molecule has 0 saturated carbocycles. The third-order valence-electron chi connectivity index (χ3n) is 3.80. The summed E-state index contributed by atoms with van der Waals surface area (Å²) in [6.45, 7) is 1.44. The van der Waals surface area contributed by atoms with Gasteiger partial charge in [-0.2, -0.15) is 0 Å². The Hall–Kier alpha value is -1.60. The van der Waals surface area contributed by atoms with Gasteiger partial charge in [-0.1, -0.05) is 29.8 Å². The van der Waals surface area contributed by atoms with Gasteiger partial charge in [0.1, 0.15) is 0 Å². The molecule has 1 aliphatic rings. The second kappa shape index (κ2) is 7.31. The molecule has 0 aromatic heterocycles. The number of benzene rings is 1. The summed E-state index contributed by atoms with van der Waals surface area (Å²) in [5.74, 6) is -0.669. The van der Waals surface area contributed by atoms with E-state index in [9.17, 15) is 18.0 Å². The number of nitrogens with one attached hydrogen (secondary N) is 1. The number of hydrogen-bond acceptors (Lipinski definition) is 4. The monoisotopic (exact) mass is 358 g/mol. The molecular formula is C15H19ClN2O4S. The van der Waals surface area contributed by atoms with Crippen molar-refractivity contribution in [2.24, 2.45) is 0 Å². The summed E-state index contributed by atoms with van der Waals surface area (Å²) < 4.78 is 23.1. The lowest BCUT2D eigenvalue weighted by molar-refractivity contribution is -0.136. The van der Waals surface area contributed by atoms with Gasteiger partial charge in [0, 0.05) is 24.5 Å². The minimum absolute atomic E-state index is 0.0582. The molecule has 0 bridgehead atoms. The van der Waals surface area contributed by atoms with Crippen LogP contribution in [-0.2, 0) is 26.0 Å². The Balaban J connectivity index is 1.94. The fourth-order valence-electron chi connectivity index (χ4n) is 2.56. The van der Waals surface area contributed by atoms with E-state index >= 15 is 0 Å². The number of carbonyl (C=O) groups excluding carboxylic acids is 2. The molecule has 1 saturated heterocycles. The van der Waals surface area contributed by atoms with Crippen molar-refractivity contribution in [3.05, 3.63) is 34.9 Å². The van der Waals surface area contributed by atoms with Crippen LogP contribution in [0.5, 0.6) is 0 Å². The molecule has 1 atom stereocenters. The molecule has 0 aliphatic carbocycles. The van der Waals surface area contributed by atoms with Gasteiger partial charge < -0.3 is 10.2 Å². The fourth-order valence-corrected chi connectivity index (χ4v) is 4.50. The molecule has 1 fully saturated rings. The van der Waals surface area contributed by atoms with Gasteiger partial charge >= 0.3 is 0 Å². The molecule has 0 spiro atoms. The fraction of sp³-hybridized carbons (Fsp3) is 0.467. The standard InChI is InChI=1S/C15H19ClN2O4S/c1-11(19)18(13-6-7-23(21,22)10-13)9-15(20)17-8-12-4-2-3-5-14(12)16/h2-5,13H,6-10H2,1H3,(H,17,20). The molecule has 8 heteroatoms. The predicted octanol–water partition coefficient (Wildman–Crippen LogP) is 0.992. The van der Waals surface area contributed by atoms with Crippen LogP contribution in [-0.4, -0.2) is 49.2 Å². The van der Waals surface area contributed by atoms with Gasteiger partial charge in [-0.15, -0.1) is 0 Å². The Kier molecular flexibility index (Phi) is 5.64. The van der Waals surface area contributed by atoms with E-state index in [1.54, 1.807) is 18.2 Å². The second-order valence-corrected chi connectivity index (χ2v) is 8.21. The highest BCUT2D eigenvalue weighted by molar-refractivity contribution is 7.91. The zero-order chi connectivity index (χ0) is 17.0. The van der Waals surface area contributed by atoms with E-state index in [-0.39, 0.29) is 36.4 Å². The summed E-state index contributed by atoms with van der Waals surface area (Å²) in [6, 6.07) is 6.72. The molecule has 126 valence electrons. The molecule has 1 heterocycles. The average molecular weight is 359 g/mol. The smallest absolute Gasteiger partial charge is 0.239 e. The molecular weight excluding hydrogens is 340 g/mol. The summed E-state index contributed by atoms with van der Waals surface area (Å²) in [5.41, 5.74) is 0.778. The Morgan fingerprint density at radius 1 is 1.35 bits per heavy atom. The Morgan fingerprint density at radius 3 is 2.61 bits per heavy atom. The van der Waals surface area contributed by atoms with Gasteiger partial charge in [0.15, 0.2) is 9.84 Å². The summed E-state index contributed by atoms with van der Waals surface area (Å²) in [5, 5.41) is 3.26. The lowest BCUT2D eigenvalue weighted by atomic mass is 10.2. The van der Waals surface area contributed by atoms with Crippen LogP contribution in [0.4, 0.5) is 0 Å². The minimum atomic E-state index is -3.11. The van der Waals surface area contributed by atoms with E-state index in [1.807, 2.05) is 6.07 Å². The van der Waals surface area contributed by atoms with Crippen LogP contribution in [0, 0.1) is 0 Å². The molecule has 1 N–H and O–H groups in total. The van der Waals surface area contributed by atoms with Crippen molar-refractivity contribution in [2.45, 2.75) is 25.9 Å². The molecule has 0 radical (unpaired) electrons. The normalized spacial score (nSPS) is 19.3. The molecule has 23 heavy (non-hydrogen) atoms. The highest BCUT2D eigenvalue weighted by atomic mass is 35.5. The maximum absolute atomic E-state index is 12.1. The number of hydrogen-bond donors (Lipinski definition) is 1. The number of rotatable bonds is 5. The van der Waals surface area contributed by atoms with E-state index in [1.165, 1.54) is 11.8 Å². The van der Waals surface area contributed by atoms with Gasteiger partial charge in [0.05, 0.1) is 18.1 Å². The Morgan fingerprint density at radius 2 is 2.04 bits per heavy atom. The van der Waals surface area contributed by atoms with Gasteiger partial charge in [-0.25, -0.2) is 8.42 Å². The van der Waals surface area contributed by atoms with E-state index in [0.717, 1.165) is 5.56 Å². The number of sulfone groups is 1. The van der Waals surface area contributed by atoms with Gasteiger partial charge in [-0.3, -0.25) is 9.59 Å². The maximum Gasteiger partial charge on any atom is 0.239 e. The van der Waals surface area contributed by atoms with E-state index in [4.69, 9.17) is 11.6 Å². The SMILES string of the molecule is CC(=O)N(CC(=O)NCc1ccccc1Cl)C1CCS(=O)(=O)C1. The van der Waals surface area contributed by atoms with Crippen molar-refractivity contribution in [1.82, 2.24) is 10.2 Å². The van der Waals surface area contributed by atoms with Gasteiger partial charge in [-0.05, 0) is 18.1 Å². The van der Waals surface area contributed by atoms with Crippen LogP contribution in [0.3, 0.4) is 0 Å². The zero-order valence-electron chi connectivity index (χ0n) is 12.8. The summed E-state index contributed by atoms with van der Waals surface area (Å²) in [4.78, 5) is 25.1. The van der Waals surface area contributed by atoms with Crippen molar-refractivity contribution in [1.29, 1.82) is 0 Å². The van der Waals surface area contributed by atoms with Crippen LogP contribution >= 0.6 is 11.6 Å². The molecule has 1 aromatic carbocycles. The molecule has 2 rings (SSSR count). The first kappa shape index (κ1) is 17.7. The largest absolute Gasteiger partial charge is 0.350 e. The Labute approximate surface area is 140 Å². The summed E-state index contributed by atoms with van der Waals surface area (Å²) in [7, 11) is -3.11.